The van der Waals surface area contributed by atoms with E-state index in [4.69, 9.17) is 11.6 Å². The van der Waals surface area contributed by atoms with Crippen molar-refractivity contribution in [2.75, 3.05) is 0 Å². The van der Waals surface area contributed by atoms with Crippen molar-refractivity contribution in [2.24, 2.45) is 5.10 Å². The molecule has 0 aliphatic carbocycles. The van der Waals surface area contributed by atoms with Gasteiger partial charge < -0.3 is 0 Å². The summed E-state index contributed by atoms with van der Waals surface area (Å²) in [6, 6.07) is 13.0. The van der Waals surface area contributed by atoms with Crippen molar-refractivity contribution in [1.82, 2.24) is 9.99 Å². The molecule has 0 fully saturated rings. The number of carbonyl (C=O) groups is 1. The van der Waals surface area contributed by atoms with E-state index in [1.807, 2.05) is 17.5 Å². The van der Waals surface area contributed by atoms with Crippen LogP contribution in [0.5, 0.6) is 0 Å². The number of benzene rings is 2. The van der Waals surface area contributed by atoms with Gasteiger partial charge in [-0.05, 0) is 23.3 Å². The van der Waals surface area contributed by atoms with Gasteiger partial charge in [-0.15, -0.1) is 11.3 Å². The number of hydrogen-bond acceptors (Lipinski definition) is 6. The van der Waals surface area contributed by atoms with E-state index in [-0.39, 0.29) is 24.1 Å². The summed E-state index contributed by atoms with van der Waals surface area (Å²) in [4.78, 5) is 27.8. The van der Waals surface area contributed by atoms with Gasteiger partial charge in [-0.25, -0.2) is 9.99 Å². The highest BCUT2D eigenvalue weighted by Crippen LogP contribution is 2.34. The SMILES string of the molecule is O=C(Cc1ccc(Cl)cc1)N1N=C(c2nccs2)CC1c1ccc([N+](=O)[O-])cc1. The van der Waals surface area contributed by atoms with Gasteiger partial charge in [0.05, 0.1) is 23.1 Å². The summed E-state index contributed by atoms with van der Waals surface area (Å²) >= 11 is 7.38. The van der Waals surface area contributed by atoms with Gasteiger partial charge >= 0.3 is 0 Å². The first-order chi connectivity index (χ1) is 14.0. The average Bonchev–Trinajstić information content (AvgIpc) is 3.39. The van der Waals surface area contributed by atoms with Crippen molar-refractivity contribution in [1.29, 1.82) is 0 Å². The van der Waals surface area contributed by atoms with Crippen LogP contribution in [0.15, 0.2) is 65.2 Å². The molecule has 0 saturated heterocycles. The maximum absolute atomic E-state index is 13.0. The fraction of sp³-hybridized carbons (Fsp3) is 0.150. The molecule has 1 aliphatic heterocycles. The van der Waals surface area contributed by atoms with Gasteiger partial charge in [-0.3, -0.25) is 14.9 Å². The molecule has 29 heavy (non-hydrogen) atoms. The van der Waals surface area contributed by atoms with Gasteiger partial charge in [0.15, 0.2) is 0 Å². The summed E-state index contributed by atoms with van der Waals surface area (Å²) < 4.78 is 0. The number of nitro benzene ring substituents is 1. The summed E-state index contributed by atoms with van der Waals surface area (Å²) in [6.45, 7) is 0. The Morgan fingerprint density at radius 2 is 1.93 bits per heavy atom. The van der Waals surface area contributed by atoms with Crippen molar-refractivity contribution < 1.29 is 9.72 Å². The van der Waals surface area contributed by atoms with Gasteiger partial charge in [0, 0.05) is 35.2 Å². The molecule has 7 nitrogen and oxygen atoms in total. The van der Waals surface area contributed by atoms with Crippen LogP contribution in [0, 0.1) is 10.1 Å². The number of aromatic nitrogens is 1. The van der Waals surface area contributed by atoms with Crippen LogP contribution in [0.4, 0.5) is 5.69 Å². The molecule has 1 aromatic heterocycles. The smallest absolute Gasteiger partial charge is 0.269 e. The lowest BCUT2D eigenvalue weighted by atomic mass is 10.0. The summed E-state index contributed by atoms with van der Waals surface area (Å²) in [6.07, 6.45) is 2.37. The van der Waals surface area contributed by atoms with E-state index in [9.17, 15) is 14.9 Å². The molecule has 2 aromatic carbocycles. The molecule has 1 atom stereocenters. The molecule has 0 spiro atoms. The number of nitrogens with zero attached hydrogens (tertiary/aromatic N) is 4. The second-order valence-electron chi connectivity index (χ2n) is 6.49. The Hall–Kier alpha value is -3.10. The maximum Gasteiger partial charge on any atom is 0.269 e. The van der Waals surface area contributed by atoms with E-state index >= 15 is 0 Å². The maximum atomic E-state index is 13.0. The fourth-order valence-electron chi connectivity index (χ4n) is 3.17. The van der Waals surface area contributed by atoms with E-state index in [0.29, 0.717) is 11.4 Å². The average molecular weight is 427 g/mol. The fourth-order valence-corrected chi connectivity index (χ4v) is 3.93. The molecular formula is C20H15ClN4O3S. The molecule has 9 heteroatoms. The Morgan fingerprint density at radius 3 is 2.55 bits per heavy atom. The van der Waals surface area contributed by atoms with Gasteiger partial charge in [0.25, 0.3) is 5.69 Å². The van der Waals surface area contributed by atoms with Crippen LogP contribution >= 0.6 is 22.9 Å². The lowest BCUT2D eigenvalue weighted by Gasteiger charge is -2.22. The van der Waals surface area contributed by atoms with Crippen molar-refractivity contribution in [3.63, 3.8) is 0 Å². The molecule has 146 valence electrons. The van der Waals surface area contributed by atoms with Gasteiger partial charge in [-0.1, -0.05) is 35.9 Å². The van der Waals surface area contributed by atoms with Crippen molar-refractivity contribution in [2.45, 2.75) is 18.9 Å². The first kappa shape index (κ1) is 19.2. The molecule has 4 rings (SSSR count). The van der Waals surface area contributed by atoms with E-state index < -0.39 is 4.92 Å². The lowest BCUT2D eigenvalue weighted by Crippen LogP contribution is -2.28. The number of halogens is 1. The number of thiazole rings is 1. The van der Waals surface area contributed by atoms with Crippen molar-refractivity contribution in [3.05, 3.63) is 91.4 Å². The standard InChI is InChI=1S/C20H15ClN4O3S/c21-15-5-1-13(2-6-15)11-19(26)24-18(12-17(23-24)20-22-9-10-29-20)14-3-7-16(8-4-14)25(27)28/h1-10,18H,11-12H2. The highest BCUT2D eigenvalue weighted by molar-refractivity contribution is 7.11. The number of carbonyl (C=O) groups excluding carboxylic acids is 1. The summed E-state index contributed by atoms with van der Waals surface area (Å²) in [5, 5.41) is 20.2. The minimum absolute atomic E-state index is 0.00635. The van der Waals surface area contributed by atoms with E-state index in [2.05, 4.69) is 10.1 Å². The van der Waals surface area contributed by atoms with Crippen LogP contribution in [0.1, 0.15) is 28.6 Å². The molecule has 3 aromatic rings. The van der Waals surface area contributed by atoms with Crippen LogP contribution in [-0.2, 0) is 11.2 Å². The van der Waals surface area contributed by atoms with Crippen LogP contribution in [-0.4, -0.2) is 26.5 Å². The predicted molar refractivity (Wildman–Crippen MR) is 111 cm³/mol. The Kier molecular flexibility index (Phi) is 5.37. The molecule has 2 heterocycles. The zero-order chi connectivity index (χ0) is 20.4. The van der Waals surface area contributed by atoms with Gasteiger partial charge in [-0.2, -0.15) is 5.10 Å². The Morgan fingerprint density at radius 1 is 1.21 bits per heavy atom. The molecule has 0 bridgehead atoms. The summed E-state index contributed by atoms with van der Waals surface area (Å²) in [7, 11) is 0. The second-order valence-corrected chi connectivity index (χ2v) is 7.83. The first-order valence-corrected chi connectivity index (χ1v) is 10.1. The number of nitro groups is 1. The number of hydrogen-bond donors (Lipinski definition) is 0. The van der Waals surface area contributed by atoms with Crippen molar-refractivity contribution >= 4 is 40.2 Å². The monoisotopic (exact) mass is 426 g/mol. The normalized spacial score (nSPS) is 16.0. The largest absolute Gasteiger partial charge is 0.273 e. The molecule has 0 radical (unpaired) electrons. The number of rotatable bonds is 5. The number of amides is 1. The summed E-state index contributed by atoms with van der Waals surface area (Å²) in [5.41, 5.74) is 2.36. The van der Waals surface area contributed by atoms with Crippen LogP contribution in [0.2, 0.25) is 5.02 Å². The van der Waals surface area contributed by atoms with Crippen LogP contribution in [0.25, 0.3) is 0 Å². The quantitative estimate of drug-likeness (QED) is 0.439. The van der Waals surface area contributed by atoms with Gasteiger partial charge in [0.2, 0.25) is 5.91 Å². The minimum Gasteiger partial charge on any atom is -0.273 e. The number of non-ortho nitro benzene ring substituents is 1. The summed E-state index contributed by atoms with van der Waals surface area (Å²) in [5.74, 6) is -0.165. The van der Waals surface area contributed by atoms with E-state index in [1.54, 1.807) is 30.5 Å². The molecule has 1 amide bonds. The van der Waals surface area contributed by atoms with E-state index in [1.165, 1.54) is 28.5 Å². The van der Waals surface area contributed by atoms with Crippen LogP contribution < -0.4 is 0 Å². The second kappa shape index (κ2) is 8.10. The third kappa shape index (κ3) is 4.18. The van der Waals surface area contributed by atoms with Gasteiger partial charge in [0.1, 0.15) is 5.01 Å². The molecule has 1 aliphatic rings. The third-order valence-corrected chi connectivity index (χ3v) is 5.68. The Balaban J connectivity index is 1.62. The topological polar surface area (TPSA) is 88.7 Å². The molecular weight excluding hydrogens is 412 g/mol. The Labute approximate surface area is 175 Å². The Bertz CT molecular complexity index is 1070. The highest BCUT2D eigenvalue weighted by Gasteiger charge is 2.34. The zero-order valence-corrected chi connectivity index (χ0v) is 16.6. The predicted octanol–water partition coefficient (Wildman–Crippen LogP) is 4.63. The minimum atomic E-state index is -0.445. The third-order valence-electron chi connectivity index (χ3n) is 4.60. The first-order valence-electron chi connectivity index (χ1n) is 8.79. The lowest BCUT2D eigenvalue weighted by molar-refractivity contribution is -0.384. The highest BCUT2D eigenvalue weighted by atomic mass is 35.5. The number of hydrazone groups is 1. The zero-order valence-electron chi connectivity index (χ0n) is 15.1. The van der Waals surface area contributed by atoms with E-state index in [0.717, 1.165) is 21.8 Å². The van der Waals surface area contributed by atoms with Crippen LogP contribution in [0.3, 0.4) is 0 Å². The molecule has 0 N–H and O–H groups in total. The molecule has 0 saturated carbocycles. The van der Waals surface area contributed by atoms with Crippen molar-refractivity contribution in [3.8, 4) is 0 Å². The molecule has 1 unspecified atom stereocenters.